The zero-order valence-corrected chi connectivity index (χ0v) is 19.1. The van der Waals surface area contributed by atoms with Crippen molar-refractivity contribution in [2.75, 3.05) is 17.3 Å². The van der Waals surface area contributed by atoms with Crippen molar-refractivity contribution in [3.05, 3.63) is 71.1 Å². The van der Waals surface area contributed by atoms with Crippen molar-refractivity contribution in [3.63, 3.8) is 0 Å². The van der Waals surface area contributed by atoms with E-state index < -0.39 is 8.96 Å². The number of thiazole rings is 1. The minimum atomic E-state index is -1.87. The van der Waals surface area contributed by atoms with Crippen LogP contribution in [-0.4, -0.2) is 42.5 Å². The summed E-state index contributed by atoms with van der Waals surface area (Å²) in [5.74, 6) is 0.464. The highest BCUT2D eigenvalue weighted by Gasteiger charge is 2.26. The van der Waals surface area contributed by atoms with Gasteiger partial charge in [0.1, 0.15) is 0 Å². The number of aliphatic hydroxyl groups is 1. The van der Waals surface area contributed by atoms with Gasteiger partial charge in [-0.1, -0.05) is 42.5 Å². The first-order valence-corrected chi connectivity index (χ1v) is 13.3. The summed E-state index contributed by atoms with van der Waals surface area (Å²) in [5, 5.41) is 14.6. The van der Waals surface area contributed by atoms with Crippen LogP contribution in [0.2, 0.25) is 6.04 Å². The summed E-state index contributed by atoms with van der Waals surface area (Å²) in [6.45, 7) is -0.139. The molecule has 1 radical (unpaired) electrons. The number of amides is 2. The lowest BCUT2D eigenvalue weighted by molar-refractivity contribution is 0.0979. The Labute approximate surface area is 185 Å². The van der Waals surface area contributed by atoms with Crippen LogP contribution in [0.15, 0.2) is 60.0 Å². The quantitative estimate of drug-likeness (QED) is 0.420. The van der Waals surface area contributed by atoms with E-state index in [0.717, 1.165) is 17.0 Å². The topological polar surface area (TPSA) is 91.3 Å². The van der Waals surface area contributed by atoms with E-state index in [4.69, 9.17) is 0 Å². The molecule has 2 amide bonds. The molecule has 9 heteroatoms. The number of anilines is 1. The smallest absolute Gasteiger partial charge is 0.282 e. The van der Waals surface area contributed by atoms with E-state index in [1.165, 1.54) is 11.3 Å². The summed E-state index contributed by atoms with van der Waals surface area (Å²) in [5.41, 5.74) is 2.68. The van der Waals surface area contributed by atoms with Gasteiger partial charge in [0.25, 0.3) is 8.96 Å². The number of nitrogens with one attached hydrogen (secondary N) is 2. The maximum absolute atomic E-state index is 12.9. The van der Waals surface area contributed by atoms with Gasteiger partial charge < -0.3 is 15.4 Å². The maximum atomic E-state index is 12.9. The number of rotatable bonds is 9. The molecule has 30 heavy (non-hydrogen) atoms. The highest BCUT2D eigenvalue weighted by Crippen LogP contribution is 2.24. The Morgan fingerprint density at radius 1 is 1.17 bits per heavy atom. The van der Waals surface area contributed by atoms with Gasteiger partial charge in [-0.15, -0.1) is 11.3 Å². The molecule has 1 aromatic heterocycles. The third kappa shape index (κ3) is 6.02. The Kier molecular flexibility index (Phi) is 8.20. The zero-order chi connectivity index (χ0) is 21.3. The van der Waals surface area contributed by atoms with E-state index in [1.54, 1.807) is 36.0 Å². The van der Waals surface area contributed by atoms with Crippen LogP contribution in [0, 0.1) is 0 Å². The van der Waals surface area contributed by atoms with Crippen LogP contribution in [0.25, 0.3) is 11.3 Å². The van der Waals surface area contributed by atoms with Gasteiger partial charge in [-0.25, -0.2) is 4.98 Å². The van der Waals surface area contributed by atoms with Gasteiger partial charge in [0.15, 0.2) is 5.13 Å². The Morgan fingerprint density at radius 2 is 1.97 bits per heavy atom. The molecule has 6 nitrogen and oxygen atoms in total. The Morgan fingerprint density at radius 3 is 2.70 bits per heavy atom. The molecule has 0 aliphatic heterocycles. The fourth-order valence-corrected chi connectivity index (χ4v) is 6.29. The summed E-state index contributed by atoms with van der Waals surface area (Å²) in [6.07, 6.45) is 1.97. The molecule has 3 aromatic rings. The first-order valence-electron chi connectivity index (χ1n) is 9.29. The van der Waals surface area contributed by atoms with Gasteiger partial charge in [0, 0.05) is 16.5 Å². The molecule has 0 aliphatic rings. The van der Waals surface area contributed by atoms with E-state index in [2.05, 4.69) is 15.3 Å². The Hall–Kier alpha value is -2.46. The van der Waals surface area contributed by atoms with Crippen LogP contribution in [-0.2, 0) is 6.61 Å². The van der Waals surface area contributed by atoms with Gasteiger partial charge in [-0.05, 0) is 35.7 Å². The van der Waals surface area contributed by atoms with E-state index in [9.17, 15) is 14.7 Å². The van der Waals surface area contributed by atoms with Crippen molar-refractivity contribution < 1.29 is 14.7 Å². The van der Waals surface area contributed by atoms with Crippen LogP contribution < -0.4 is 10.3 Å². The number of hydrogen-bond donors (Lipinski definition) is 3. The molecule has 0 bridgehead atoms. The molecule has 1 heterocycles. The highest BCUT2D eigenvalue weighted by molar-refractivity contribution is 7.98. The van der Waals surface area contributed by atoms with Crippen LogP contribution in [0.1, 0.15) is 15.9 Å². The highest BCUT2D eigenvalue weighted by atomic mass is 32.2. The van der Waals surface area contributed by atoms with Crippen molar-refractivity contribution in [2.45, 2.75) is 12.7 Å². The number of hydrogen-bond acceptors (Lipinski definition) is 6. The number of benzene rings is 2. The van der Waals surface area contributed by atoms with Gasteiger partial charge in [-0.2, -0.15) is 11.8 Å². The second-order valence-electron chi connectivity index (χ2n) is 6.39. The number of carbonyl (C=O) groups is 2. The summed E-state index contributed by atoms with van der Waals surface area (Å²) in [7, 11) is -1.87. The van der Waals surface area contributed by atoms with Gasteiger partial charge >= 0.3 is 0 Å². The van der Waals surface area contributed by atoms with Crippen LogP contribution in [0.4, 0.5) is 9.93 Å². The molecular weight excluding hydrogens is 434 g/mol. The number of aromatic nitrogens is 1. The first kappa shape index (κ1) is 22.2. The zero-order valence-electron chi connectivity index (χ0n) is 16.4. The summed E-state index contributed by atoms with van der Waals surface area (Å²) in [4.78, 5) is 33.0. The molecule has 0 atom stereocenters. The van der Waals surface area contributed by atoms with Crippen molar-refractivity contribution in [1.82, 2.24) is 9.97 Å². The van der Waals surface area contributed by atoms with Gasteiger partial charge in [0.05, 0.1) is 12.3 Å². The van der Waals surface area contributed by atoms with Gasteiger partial charge in [0.2, 0.25) is 11.4 Å². The molecule has 0 saturated carbocycles. The molecule has 2 aromatic carbocycles. The molecule has 0 unspecified atom stereocenters. The molecule has 0 spiro atoms. The van der Waals surface area contributed by atoms with Crippen molar-refractivity contribution >= 4 is 48.6 Å². The van der Waals surface area contributed by atoms with Crippen molar-refractivity contribution in [3.8, 4) is 11.3 Å². The largest absolute Gasteiger partial charge is 0.392 e. The summed E-state index contributed by atoms with van der Waals surface area (Å²) >= 11 is 2.99. The monoisotopic (exact) mass is 456 g/mol. The minimum Gasteiger partial charge on any atom is -0.392 e. The second-order valence-corrected chi connectivity index (χ2v) is 10.4. The molecule has 0 aliphatic carbocycles. The number of aliphatic hydroxyl groups excluding tert-OH is 1. The van der Waals surface area contributed by atoms with Crippen LogP contribution in [0.3, 0.4) is 0 Å². The average molecular weight is 457 g/mol. The third-order valence-corrected chi connectivity index (χ3v) is 7.95. The van der Waals surface area contributed by atoms with Gasteiger partial charge in [-0.3, -0.25) is 9.59 Å². The van der Waals surface area contributed by atoms with Crippen molar-refractivity contribution in [1.29, 1.82) is 0 Å². The predicted molar refractivity (Wildman–Crippen MR) is 125 cm³/mol. The minimum absolute atomic E-state index is 0.139. The Bertz CT molecular complexity index is 998. The van der Waals surface area contributed by atoms with E-state index in [-0.39, 0.29) is 18.0 Å². The lowest BCUT2D eigenvalue weighted by Crippen LogP contribution is -2.47. The predicted octanol–water partition coefficient (Wildman–Crippen LogP) is 4.20. The lowest BCUT2D eigenvalue weighted by atomic mass is 10.1. The molecule has 0 saturated heterocycles. The first-order chi connectivity index (χ1) is 14.6. The molecule has 3 rings (SSSR count). The number of thioether (sulfide) groups is 1. The molecule has 3 N–H and O–H groups in total. The number of carbonyl (C=O) groups excluding carboxylic acids is 2. The average Bonchev–Trinajstić information content (AvgIpc) is 3.25. The van der Waals surface area contributed by atoms with Crippen LogP contribution >= 0.6 is 23.1 Å². The lowest BCUT2D eigenvalue weighted by Gasteiger charge is -2.15. The maximum Gasteiger partial charge on any atom is 0.282 e. The van der Waals surface area contributed by atoms with E-state index in [1.807, 2.05) is 42.0 Å². The SMILES string of the molecule is CSCC[Si](NC(=O)c1cccc(CO)c1)C(=O)Nc1nc(-c2ccccc2)cs1. The van der Waals surface area contributed by atoms with E-state index in [0.29, 0.717) is 22.3 Å². The normalized spacial score (nSPS) is 10.8. The number of nitrogens with zero attached hydrogens (tertiary/aromatic N) is 1. The fraction of sp³-hybridized carbons (Fsp3) is 0.190. The molecular formula is C21H22N3O3S2Si. The summed E-state index contributed by atoms with van der Waals surface area (Å²) in [6, 6.07) is 17.1. The Balaban J connectivity index is 1.69. The van der Waals surface area contributed by atoms with E-state index >= 15 is 0 Å². The van der Waals surface area contributed by atoms with Crippen molar-refractivity contribution in [2.24, 2.45) is 0 Å². The van der Waals surface area contributed by atoms with Crippen LogP contribution in [0.5, 0.6) is 0 Å². The summed E-state index contributed by atoms with van der Waals surface area (Å²) < 4.78 is 0. The molecule has 155 valence electrons. The third-order valence-electron chi connectivity index (χ3n) is 4.26. The molecule has 0 fully saturated rings. The fourth-order valence-electron chi connectivity index (χ4n) is 2.70. The second kappa shape index (κ2) is 11.1. The standard InChI is InChI=1S/C21H22N3O3S2Si/c1-28-10-11-30(24-19(26)17-9-5-6-15(12-17)13-25)21(27)23-20-22-18(14-29-20)16-7-3-2-4-8-16/h2-9,12,14,25H,10-11,13H2,1H3,(H,24,26)(H,22,23,27).